The lowest BCUT2D eigenvalue weighted by Crippen LogP contribution is -2.46. The molecule has 1 aromatic heterocycles. The summed E-state index contributed by atoms with van der Waals surface area (Å²) in [5.41, 5.74) is 1.45. The van der Waals surface area contributed by atoms with E-state index in [0.29, 0.717) is 22.5 Å². The van der Waals surface area contributed by atoms with Gasteiger partial charge in [-0.05, 0) is 64.1 Å². The van der Waals surface area contributed by atoms with Crippen LogP contribution in [-0.2, 0) is 20.7 Å². The Kier molecular flexibility index (Phi) is 7.16. The van der Waals surface area contributed by atoms with E-state index < -0.39 is 17.6 Å². The van der Waals surface area contributed by atoms with Crippen molar-refractivity contribution in [3.63, 3.8) is 0 Å². The van der Waals surface area contributed by atoms with Crippen molar-refractivity contribution in [1.29, 1.82) is 0 Å². The summed E-state index contributed by atoms with van der Waals surface area (Å²) in [6.45, 7) is 7.06. The first kappa shape index (κ1) is 24.0. The van der Waals surface area contributed by atoms with Crippen molar-refractivity contribution in [2.75, 3.05) is 7.11 Å². The number of hydrogen-bond donors (Lipinski definition) is 1. The van der Waals surface area contributed by atoms with Crippen LogP contribution in [-0.4, -0.2) is 40.2 Å². The number of benzene rings is 2. The Morgan fingerprint density at radius 1 is 1.09 bits per heavy atom. The normalized spacial score (nSPS) is 12.3. The van der Waals surface area contributed by atoms with E-state index in [1.165, 1.54) is 6.92 Å². The highest BCUT2D eigenvalue weighted by Gasteiger charge is 2.22. The van der Waals surface area contributed by atoms with E-state index in [9.17, 15) is 14.4 Å². The maximum absolute atomic E-state index is 13.3. The van der Waals surface area contributed by atoms with Crippen LogP contribution >= 0.6 is 0 Å². The summed E-state index contributed by atoms with van der Waals surface area (Å²) in [5.74, 6) is -0.267. The average molecular weight is 452 g/mol. The number of methoxy groups -OCH3 is 1. The van der Waals surface area contributed by atoms with Crippen molar-refractivity contribution in [1.82, 2.24) is 14.9 Å². The molecule has 0 aliphatic rings. The van der Waals surface area contributed by atoms with E-state index >= 15 is 0 Å². The molecule has 0 aliphatic heterocycles. The molecule has 1 atom stereocenters. The molecular formula is C25H29N3O5. The maximum atomic E-state index is 13.3. The van der Waals surface area contributed by atoms with Gasteiger partial charge in [0.05, 0.1) is 24.6 Å². The highest BCUT2D eigenvalue weighted by atomic mass is 16.5. The van der Waals surface area contributed by atoms with Gasteiger partial charge in [-0.3, -0.25) is 19.0 Å². The molecule has 3 aromatic rings. The Balaban J connectivity index is 1.82. The number of fused-ring (bicyclic) bond motifs is 1. The molecule has 33 heavy (non-hydrogen) atoms. The van der Waals surface area contributed by atoms with Gasteiger partial charge in [0.1, 0.15) is 11.4 Å². The smallest absolute Gasteiger partial charge is 0.306 e. The third kappa shape index (κ3) is 5.97. The van der Waals surface area contributed by atoms with Crippen LogP contribution in [0.2, 0.25) is 0 Å². The monoisotopic (exact) mass is 451 g/mol. The molecule has 1 heterocycles. The Morgan fingerprint density at radius 3 is 2.39 bits per heavy atom. The van der Waals surface area contributed by atoms with E-state index in [2.05, 4.69) is 10.3 Å². The van der Waals surface area contributed by atoms with Crippen LogP contribution in [0.15, 0.2) is 53.3 Å². The Bertz CT molecular complexity index is 1210. The number of amides is 1. The molecule has 0 radical (unpaired) electrons. The zero-order valence-electron chi connectivity index (χ0n) is 19.5. The minimum absolute atomic E-state index is 0.0731. The molecular weight excluding hydrogens is 422 g/mol. The first-order chi connectivity index (χ1) is 15.6. The number of rotatable bonds is 7. The molecule has 0 aliphatic carbocycles. The van der Waals surface area contributed by atoms with Crippen molar-refractivity contribution >= 4 is 22.9 Å². The topological polar surface area (TPSA) is 99.5 Å². The predicted octanol–water partition coefficient (Wildman–Crippen LogP) is 3.17. The number of carbonyl (C=O) groups is 2. The maximum Gasteiger partial charge on any atom is 0.306 e. The van der Waals surface area contributed by atoms with Gasteiger partial charge < -0.3 is 14.8 Å². The zero-order valence-corrected chi connectivity index (χ0v) is 19.5. The van der Waals surface area contributed by atoms with Gasteiger partial charge in [-0.2, -0.15) is 0 Å². The first-order valence-corrected chi connectivity index (χ1v) is 10.8. The Hall–Kier alpha value is -3.68. The molecule has 0 spiro atoms. The van der Waals surface area contributed by atoms with Crippen molar-refractivity contribution in [3.8, 4) is 11.4 Å². The number of hydrogen-bond acceptors (Lipinski definition) is 6. The number of esters is 1. The zero-order chi connectivity index (χ0) is 24.2. The van der Waals surface area contributed by atoms with Gasteiger partial charge in [-0.15, -0.1) is 0 Å². The molecule has 8 nitrogen and oxygen atoms in total. The summed E-state index contributed by atoms with van der Waals surface area (Å²) in [4.78, 5) is 42.3. The van der Waals surface area contributed by atoms with Crippen LogP contribution in [0.3, 0.4) is 0 Å². The number of aryl methyl sites for hydroxylation is 1. The lowest BCUT2D eigenvalue weighted by Gasteiger charge is -2.23. The number of carbonyl (C=O) groups excluding carboxylic acids is 2. The number of nitrogens with one attached hydrogen (secondary N) is 1. The molecule has 174 valence electrons. The molecule has 0 saturated carbocycles. The third-order valence-corrected chi connectivity index (χ3v) is 4.90. The molecule has 2 aromatic carbocycles. The van der Waals surface area contributed by atoms with Crippen molar-refractivity contribution in [2.45, 2.75) is 52.2 Å². The van der Waals surface area contributed by atoms with Gasteiger partial charge in [0.15, 0.2) is 6.10 Å². The fourth-order valence-electron chi connectivity index (χ4n) is 3.33. The van der Waals surface area contributed by atoms with E-state index in [0.717, 1.165) is 0 Å². The van der Waals surface area contributed by atoms with Crippen LogP contribution in [0, 0.1) is 0 Å². The van der Waals surface area contributed by atoms with E-state index in [4.69, 9.17) is 9.47 Å². The summed E-state index contributed by atoms with van der Waals surface area (Å²) >= 11 is 0. The van der Waals surface area contributed by atoms with Crippen molar-refractivity contribution < 1.29 is 19.1 Å². The third-order valence-electron chi connectivity index (χ3n) is 4.90. The predicted molar refractivity (Wildman–Crippen MR) is 126 cm³/mol. The van der Waals surface area contributed by atoms with Gasteiger partial charge in [0.25, 0.3) is 11.5 Å². The van der Waals surface area contributed by atoms with E-state index in [1.54, 1.807) is 35.9 Å². The fraction of sp³-hybridized carbons (Fsp3) is 0.360. The van der Waals surface area contributed by atoms with Crippen LogP contribution < -0.4 is 15.6 Å². The highest BCUT2D eigenvalue weighted by Crippen LogP contribution is 2.19. The summed E-state index contributed by atoms with van der Waals surface area (Å²) in [7, 11) is 1.58. The highest BCUT2D eigenvalue weighted by molar-refractivity contribution is 5.84. The minimum Gasteiger partial charge on any atom is -0.497 e. The number of ether oxygens (including phenoxy) is 2. The van der Waals surface area contributed by atoms with Gasteiger partial charge in [0.2, 0.25) is 0 Å². The Labute approximate surface area is 192 Å². The lowest BCUT2D eigenvalue weighted by atomic mass is 10.1. The summed E-state index contributed by atoms with van der Waals surface area (Å²) < 4.78 is 12.0. The molecule has 8 heteroatoms. The van der Waals surface area contributed by atoms with Crippen molar-refractivity contribution in [3.05, 3.63) is 64.6 Å². The van der Waals surface area contributed by atoms with Crippen molar-refractivity contribution in [2.24, 2.45) is 0 Å². The second kappa shape index (κ2) is 9.85. The summed E-state index contributed by atoms with van der Waals surface area (Å²) in [5, 5.41) is 2.77. The van der Waals surface area contributed by atoms with Gasteiger partial charge in [0, 0.05) is 17.6 Å². The largest absolute Gasteiger partial charge is 0.497 e. The second-order valence-electron chi connectivity index (χ2n) is 8.76. The van der Waals surface area contributed by atoms with Gasteiger partial charge in [-0.25, -0.2) is 4.98 Å². The molecule has 0 bridgehead atoms. The second-order valence-corrected chi connectivity index (χ2v) is 8.76. The van der Waals surface area contributed by atoms with Gasteiger partial charge >= 0.3 is 5.97 Å². The number of nitrogens with zero attached hydrogens (tertiary/aromatic N) is 2. The van der Waals surface area contributed by atoms with E-state index in [-0.39, 0.29) is 30.0 Å². The number of para-hydroxylation sites is 2. The van der Waals surface area contributed by atoms with Gasteiger partial charge in [-0.1, -0.05) is 12.1 Å². The van der Waals surface area contributed by atoms with Crippen LogP contribution in [0.1, 0.15) is 39.8 Å². The average Bonchev–Trinajstić information content (AvgIpc) is 2.76. The minimum atomic E-state index is -0.933. The summed E-state index contributed by atoms with van der Waals surface area (Å²) in [6.07, 6.45) is -0.917. The Morgan fingerprint density at radius 2 is 1.76 bits per heavy atom. The van der Waals surface area contributed by atoms with Crippen LogP contribution in [0.5, 0.6) is 5.75 Å². The SMILES string of the molecule is COc1ccc(-n2c(=O)c(CCC(=O)O[C@H](C)C(=O)NC(C)(C)C)nc3ccccc32)cc1. The quantitative estimate of drug-likeness (QED) is 0.554. The molecule has 1 N–H and O–H groups in total. The summed E-state index contributed by atoms with van der Waals surface area (Å²) in [6, 6.07) is 14.4. The number of aromatic nitrogens is 2. The fourth-order valence-corrected chi connectivity index (χ4v) is 3.33. The standard InChI is InChI=1S/C25H29N3O5/c1-16(23(30)27-25(2,3)4)33-22(29)15-14-20-24(31)28(17-10-12-18(32-5)13-11-17)21-9-7-6-8-19(21)26-20/h6-13,16H,14-15H2,1-5H3,(H,27,30)/t16-/m1/s1. The molecule has 0 unspecified atom stereocenters. The van der Waals surface area contributed by atoms with E-state index in [1.807, 2.05) is 45.0 Å². The molecule has 3 rings (SSSR count). The first-order valence-electron chi connectivity index (χ1n) is 10.8. The molecule has 0 fully saturated rings. The van der Waals surface area contributed by atoms with Crippen LogP contribution in [0.4, 0.5) is 0 Å². The lowest BCUT2D eigenvalue weighted by molar-refractivity contribution is -0.155. The molecule has 1 amide bonds. The molecule has 0 saturated heterocycles. The van der Waals surface area contributed by atoms with Crippen LogP contribution in [0.25, 0.3) is 16.7 Å².